The predicted molar refractivity (Wildman–Crippen MR) is 124 cm³/mol. The van der Waals surface area contributed by atoms with Gasteiger partial charge < -0.3 is 24.4 Å². The molecule has 8 heteroatoms. The van der Waals surface area contributed by atoms with Crippen LogP contribution in [0.4, 0.5) is 0 Å². The van der Waals surface area contributed by atoms with Crippen LogP contribution in [-0.2, 0) is 9.59 Å². The zero-order valence-corrected chi connectivity index (χ0v) is 18.9. The molecule has 3 aliphatic heterocycles. The average Bonchev–Trinajstić information content (AvgIpc) is 3.43. The molecule has 0 saturated carbocycles. The summed E-state index contributed by atoms with van der Waals surface area (Å²) in [7, 11) is 0. The van der Waals surface area contributed by atoms with Gasteiger partial charge in [0.05, 0.1) is 11.6 Å². The van der Waals surface area contributed by atoms with Crippen LogP contribution in [0.15, 0.2) is 48.0 Å². The molecule has 0 radical (unpaired) electrons. The number of fused-ring (bicyclic) bond motifs is 1. The lowest BCUT2D eigenvalue weighted by Crippen LogP contribution is -2.37. The van der Waals surface area contributed by atoms with E-state index in [1.807, 2.05) is 6.07 Å². The Labute approximate surface area is 197 Å². The molecule has 3 aliphatic rings. The zero-order chi connectivity index (χ0) is 22.9. The minimum absolute atomic E-state index is 0.0559. The molecular formula is C25H25ClN2O5. The fourth-order valence-electron chi connectivity index (χ4n) is 4.74. The summed E-state index contributed by atoms with van der Waals surface area (Å²) >= 11 is 6.24. The van der Waals surface area contributed by atoms with Crippen LogP contribution < -0.4 is 9.47 Å². The number of halogens is 1. The van der Waals surface area contributed by atoms with E-state index in [0.717, 1.165) is 25.9 Å². The Morgan fingerprint density at radius 3 is 2.52 bits per heavy atom. The largest absolute Gasteiger partial charge is 0.507 e. The first kappa shape index (κ1) is 21.8. The number of aliphatic hydroxyl groups excluding tert-OH is 1. The Hall–Kier alpha value is -3.03. The van der Waals surface area contributed by atoms with Gasteiger partial charge in [-0.3, -0.25) is 9.59 Å². The van der Waals surface area contributed by atoms with E-state index in [1.165, 1.54) is 0 Å². The van der Waals surface area contributed by atoms with Crippen LogP contribution in [0.25, 0.3) is 5.76 Å². The highest BCUT2D eigenvalue weighted by Gasteiger charge is 2.46. The molecule has 0 spiro atoms. The second-order valence-corrected chi connectivity index (χ2v) is 8.89. The Bertz CT molecular complexity index is 1130. The fraction of sp³-hybridized carbons (Fsp3) is 0.360. The van der Waals surface area contributed by atoms with Crippen LogP contribution in [0.2, 0.25) is 5.02 Å². The van der Waals surface area contributed by atoms with Gasteiger partial charge in [-0.1, -0.05) is 23.7 Å². The lowest BCUT2D eigenvalue weighted by molar-refractivity contribution is -0.140. The number of hydrogen-bond acceptors (Lipinski definition) is 6. The average molecular weight is 469 g/mol. The number of ketones is 1. The number of rotatable bonds is 5. The van der Waals surface area contributed by atoms with Gasteiger partial charge in [0.2, 0.25) is 0 Å². The maximum atomic E-state index is 13.2. The second-order valence-electron chi connectivity index (χ2n) is 8.45. The number of amides is 1. The number of ether oxygens (including phenoxy) is 2. The van der Waals surface area contributed by atoms with Gasteiger partial charge in [-0.2, -0.15) is 0 Å². The molecule has 0 aliphatic carbocycles. The van der Waals surface area contributed by atoms with Crippen molar-refractivity contribution >= 4 is 29.1 Å². The Morgan fingerprint density at radius 1 is 1.00 bits per heavy atom. The van der Waals surface area contributed by atoms with Gasteiger partial charge in [0.25, 0.3) is 11.7 Å². The fourth-order valence-corrected chi connectivity index (χ4v) is 4.93. The summed E-state index contributed by atoms with van der Waals surface area (Å²) in [5.41, 5.74) is 1.13. The van der Waals surface area contributed by atoms with Crippen molar-refractivity contribution in [2.75, 3.05) is 39.4 Å². The van der Waals surface area contributed by atoms with Crippen molar-refractivity contribution in [3.05, 3.63) is 64.2 Å². The molecule has 2 saturated heterocycles. The predicted octanol–water partition coefficient (Wildman–Crippen LogP) is 3.63. The number of benzene rings is 2. The van der Waals surface area contributed by atoms with Gasteiger partial charge in [0.1, 0.15) is 19.0 Å². The summed E-state index contributed by atoms with van der Waals surface area (Å²) in [6, 6.07) is 11.3. The highest BCUT2D eigenvalue weighted by atomic mass is 35.5. The van der Waals surface area contributed by atoms with E-state index in [9.17, 15) is 14.7 Å². The van der Waals surface area contributed by atoms with E-state index in [1.54, 1.807) is 41.3 Å². The lowest BCUT2D eigenvalue weighted by atomic mass is 9.95. The molecule has 2 aromatic carbocycles. The van der Waals surface area contributed by atoms with Crippen LogP contribution in [0.1, 0.15) is 30.0 Å². The van der Waals surface area contributed by atoms with Crippen LogP contribution in [0.5, 0.6) is 11.5 Å². The number of Topliss-reactive ketones (excluding diaryl/α,β-unsaturated/α-hetero) is 1. The standard InChI is InChI=1S/C25H25ClN2O5/c26-18-5-3-4-16(14-18)22-21(23(29)17-6-7-19-20(15-17)33-13-12-32-19)24(30)25(31)28(22)11-10-27-8-1-2-9-27/h3-7,14-15,22,29H,1-2,8-13H2/b23-21+. The summed E-state index contributed by atoms with van der Waals surface area (Å²) in [6.07, 6.45) is 2.28. The highest BCUT2D eigenvalue weighted by Crippen LogP contribution is 2.41. The first-order valence-electron chi connectivity index (χ1n) is 11.2. The van der Waals surface area contributed by atoms with E-state index in [4.69, 9.17) is 21.1 Å². The van der Waals surface area contributed by atoms with Crippen LogP contribution >= 0.6 is 11.6 Å². The SMILES string of the molecule is O=C1C(=O)N(CCN2CCCC2)C(c2cccc(Cl)c2)/C1=C(\O)c1ccc2c(c1)OCCO2. The molecule has 1 amide bonds. The molecule has 2 fully saturated rings. The van der Waals surface area contributed by atoms with E-state index in [0.29, 0.717) is 54.0 Å². The van der Waals surface area contributed by atoms with Crippen molar-refractivity contribution in [3.63, 3.8) is 0 Å². The molecule has 0 aromatic heterocycles. The van der Waals surface area contributed by atoms with Gasteiger partial charge in [0.15, 0.2) is 11.5 Å². The molecule has 7 nitrogen and oxygen atoms in total. The van der Waals surface area contributed by atoms with Crippen LogP contribution in [0, 0.1) is 0 Å². The second kappa shape index (κ2) is 9.08. The molecule has 5 rings (SSSR count). The molecule has 0 bridgehead atoms. The van der Waals surface area contributed by atoms with Crippen LogP contribution in [0.3, 0.4) is 0 Å². The van der Waals surface area contributed by atoms with E-state index in [2.05, 4.69) is 4.90 Å². The molecular weight excluding hydrogens is 444 g/mol. The van der Waals surface area contributed by atoms with Gasteiger partial charge in [-0.15, -0.1) is 0 Å². The van der Waals surface area contributed by atoms with Gasteiger partial charge >= 0.3 is 0 Å². The summed E-state index contributed by atoms with van der Waals surface area (Å²) < 4.78 is 11.2. The first-order valence-corrected chi connectivity index (χ1v) is 11.6. The summed E-state index contributed by atoms with van der Waals surface area (Å²) in [5.74, 6) is -0.478. The normalized spacial score (nSPS) is 22.2. The van der Waals surface area contributed by atoms with Gasteiger partial charge in [0, 0.05) is 23.7 Å². The number of hydrogen-bond donors (Lipinski definition) is 1. The smallest absolute Gasteiger partial charge is 0.295 e. The number of carbonyl (C=O) groups is 2. The highest BCUT2D eigenvalue weighted by molar-refractivity contribution is 6.46. The van der Waals surface area contributed by atoms with E-state index in [-0.39, 0.29) is 11.3 Å². The first-order chi connectivity index (χ1) is 16.0. The van der Waals surface area contributed by atoms with Gasteiger partial charge in [-0.05, 0) is 61.8 Å². The van der Waals surface area contributed by atoms with Crippen molar-refractivity contribution in [2.45, 2.75) is 18.9 Å². The van der Waals surface area contributed by atoms with Crippen molar-refractivity contribution in [1.82, 2.24) is 9.80 Å². The maximum Gasteiger partial charge on any atom is 0.295 e. The lowest BCUT2D eigenvalue weighted by Gasteiger charge is -2.27. The number of carbonyl (C=O) groups excluding carboxylic acids is 2. The molecule has 2 aromatic rings. The molecule has 33 heavy (non-hydrogen) atoms. The van der Waals surface area contributed by atoms with E-state index >= 15 is 0 Å². The van der Waals surface area contributed by atoms with Crippen molar-refractivity contribution in [1.29, 1.82) is 0 Å². The quantitative estimate of drug-likeness (QED) is 0.410. The Kier molecular flexibility index (Phi) is 6.00. The van der Waals surface area contributed by atoms with Gasteiger partial charge in [-0.25, -0.2) is 0 Å². The van der Waals surface area contributed by atoms with Crippen molar-refractivity contribution in [2.24, 2.45) is 0 Å². The minimum Gasteiger partial charge on any atom is -0.507 e. The monoisotopic (exact) mass is 468 g/mol. The van der Waals surface area contributed by atoms with Crippen molar-refractivity contribution < 1.29 is 24.2 Å². The molecule has 3 heterocycles. The molecule has 1 N–H and O–H groups in total. The molecule has 172 valence electrons. The Morgan fingerprint density at radius 2 is 1.76 bits per heavy atom. The zero-order valence-electron chi connectivity index (χ0n) is 18.1. The number of nitrogens with zero attached hydrogens (tertiary/aromatic N) is 2. The maximum absolute atomic E-state index is 13.2. The molecule has 1 unspecified atom stereocenters. The van der Waals surface area contributed by atoms with E-state index < -0.39 is 17.7 Å². The number of aliphatic hydroxyl groups is 1. The summed E-state index contributed by atoms with van der Waals surface area (Å²) in [5, 5.41) is 11.7. The topological polar surface area (TPSA) is 79.3 Å². The number of likely N-dealkylation sites (tertiary alicyclic amines) is 2. The van der Waals surface area contributed by atoms with Crippen molar-refractivity contribution in [3.8, 4) is 11.5 Å². The molecule has 1 atom stereocenters. The van der Waals surface area contributed by atoms with Crippen LogP contribution in [-0.4, -0.2) is 66.0 Å². The third kappa shape index (κ3) is 4.18. The third-order valence-corrected chi connectivity index (χ3v) is 6.61. The Balaban J connectivity index is 1.56. The summed E-state index contributed by atoms with van der Waals surface area (Å²) in [4.78, 5) is 30.1. The summed E-state index contributed by atoms with van der Waals surface area (Å²) in [6.45, 7) is 3.90. The third-order valence-electron chi connectivity index (χ3n) is 6.38. The minimum atomic E-state index is -0.723.